The van der Waals surface area contributed by atoms with Crippen LogP contribution in [-0.2, 0) is 6.42 Å². The zero-order valence-electron chi connectivity index (χ0n) is 13.0. The van der Waals surface area contributed by atoms with Crippen molar-refractivity contribution in [1.29, 1.82) is 0 Å². The smallest absolute Gasteiger partial charge is 0.387 e. The van der Waals surface area contributed by atoms with Gasteiger partial charge in [-0.3, -0.25) is 4.79 Å². The maximum absolute atomic E-state index is 12.6. The topological polar surface area (TPSA) is 97.8 Å². The Morgan fingerprint density at radius 2 is 2.16 bits per heavy atom. The van der Waals surface area contributed by atoms with E-state index in [1.165, 1.54) is 30.7 Å². The number of nitrogens with one attached hydrogen (secondary N) is 1. The Kier molecular flexibility index (Phi) is 6.23. The summed E-state index contributed by atoms with van der Waals surface area (Å²) < 4.78 is 34.4. The van der Waals surface area contributed by atoms with Crippen LogP contribution >= 0.6 is 11.3 Å². The lowest BCUT2D eigenvalue weighted by Gasteiger charge is -2.14. The van der Waals surface area contributed by atoms with Crippen molar-refractivity contribution in [2.45, 2.75) is 13.0 Å². The van der Waals surface area contributed by atoms with Gasteiger partial charge in [0.15, 0.2) is 17.2 Å². The van der Waals surface area contributed by atoms with E-state index >= 15 is 0 Å². The number of alkyl halides is 2. The summed E-state index contributed by atoms with van der Waals surface area (Å²) in [6.07, 6.45) is 0.304. The highest BCUT2D eigenvalue weighted by Gasteiger charge is 2.20. The third-order valence-corrected chi connectivity index (χ3v) is 3.95. The van der Waals surface area contributed by atoms with Gasteiger partial charge < -0.3 is 19.9 Å². The summed E-state index contributed by atoms with van der Waals surface area (Å²) in [5.74, 6) is -2.08. The number of amides is 1. The Hall–Kier alpha value is -2.75. The summed E-state index contributed by atoms with van der Waals surface area (Å²) in [5.41, 5.74) is -0.156. The summed E-state index contributed by atoms with van der Waals surface area (Å²) >= 11 is 1.16. The Morgan fingerprint density at radius 1 is 1.40 bits per heavy atom. The molecule has 0 saturated carbocycles. The van der Waals surface area contributed by atoms with Crippen molar-refractivity contribution >= 4 is 23.2 Å². The molecule has 0 bridgehead atoms. The molecule has 7 nitrogen and oxygen atoms in total. The summed E-state index contributed by atoms with van der Waals surface area (Å²) in [7, 11) is 1.28. The number of carbonyl (C=O) groups excluding carboxylic acids is 1. The molecule has 1 aromatic carbocycles. The summed E-state index contributed by atoms with van der Waals surface area (Å²) in [5, 5.41) is 13.3. The number of rotatable bonds is 8. The number of hydrogen-bond donors (Lipinski definition) is 2. The number of halogens is 2. The average molecular weight is 372 g/mol. The first-order valence-corrected chi connectivity index (χ1v) is 7.88. The molecule has 134 valence electrons. The predicted molar refractivity (Wildman–Crippen MR) is 84.7 cm³/mol. The second-order valence-corrected chi connectivity index (χ2v) is 5.60. The largest absolute Gasteiger partial charge is 0.493 e. The van der Waals surface area contributed by atoms with Crippen LogP contribution in [0.1, 0.15) is 25.9 Å². The molecule has 10 heteroatoms. The number of methoxy groups -OCH3 is 1. The van der Waals surface area contributed by atoms with Gasteiger partial charge in [-0.25, -0.2) is 9.78 Å². The van der Waals surface area contributed by atoms with Crippen LogP contribution in [-0.4, -0.2) is 42.2 Å². The van der Waals surface area contributed by atoms with E-state index in [1.54, 1.807) is 0 Å². The molecule has 0 atom stereocenters. The van der Waals surface area contributed by atoms with Crippen molar-refractivity contribution in [2.75, 3.05) is 13.7 Å². The Bertz CT molecular complexity index is 766. The quantitative estimate of drug-likeness (QED) is 0.739. The van der Waals surface area contributed by atoms with E-state index < -0.39 is 18.5 Å². The molecule has 1 heterocycles. The van der Waals surface area contributed by atoms with Crippen molar-refractivity contribution in [2.24, 2.45) is 0 Å². The lowest BCUT2D eigenvalue weighted by molar-refractivity contribution is -0.0515. The van der Waals surface area contributed by atoms with Gasteiger partial charge in [-0.2, -0.15) is 8.78 Å². The van der Waals surface area contributed by atoms with Crippen LogP contribution in [0.5, 0.6) is 11.5 Å². The van der Waals surface area contributed by atoms with Gasteiger partial charge in [0.25, 0.3) is 5.91 Å². The molecule has 0 radical (unpaired) electrons. The van der Waals surface area contributed by atoms with Crippen molar-refractivity contribution in [3.05, 3.63) is 39.8 Å². The lowest BCUT2D eigenvalue weighted by atomic mass is 10.1. The lowest BCUT2D eigenvalue weighted by Crippen LogP contribution is -2.26. The molecular weight excluding hydrogens is 358 g/mol. The van der Waals surface area contributed by atoms with Crippen LogP contribution in [0.4, 0.5) is 8.78 Å². The zero-order chi connectivity index (χ0) is 18.4. The maximum atomic E-state index is 12.6. The van der Waals surface area contributed by atoms with Crippen LogP contribution in [0, 0.1) is 0 Å². The standard InChI is InChI=1S/C15H14F2N2O5S/c1-23-10-4-2-3-8(12(10)24-15(16)17)13(20)18-6-5-11-19-9(7-25-11)14(21)22/h2-4,7,15H,5-6H2,1H3,(H,18,20)(H,21,22). The third kappa shape index (κ3) is 4.86. The predicted octanol–water partition coefficient (Wildman–Crippen LogP) is 2.42. The van der Waals surface area contributed by atoms with Crippen molar-refractivity contribution in [3.63, 3.8) is 0 Å². The summed E-state index contributed by atoms with van der Waals surface area (Å²) in [6, 6.07) is 4.21. The number of carbonyl (C=O) groups is 2. The number of aromatic nitrogens is 1. The van der Waals surface area contributed by atoms with E-state index in [9.17, 15) is 18.4 Å². The van der Waals surface area contributed by atoms with E-state index in [-0.39, 0.29) is 29.3 Å². The molecule has 2 rings (SSSR count). The number of carboxylic acids is 1. The van der Waals surface area contributed by atoms with Crippen LogP contribution < -0.4 is 14.8 Å². The molecule has 0 fully saturated rings. The maximum Gasteiger partial charge on any atom is 0.387 e. The second-order valence-electron chi connectivity index (χ2n) is 4.65. The van der Waals surface area contributed by atoms with Gasteiger partial charge in [-0.1, -0.05) is 6.07 Å². The minimum atomic E-state index is -3.10. The van der Waals surface area contributed by atoms with Crippen LogP contribution in [0.25, 0.3) is 0 Å². The fourth-order valence-corrected chi connectivity index (χ4v) is 2.74. The molecule has 0 unspecified atom stereocenters. The normalized spacial score (nSPS) is 10.6. The first-order chi connectivity index (χ1) is 11.9. The van der Waals surface area contributed by atoms with Crippen LogP contribution in [0.3, 0.4) is 0 Å². The number of aromatic carboxylic acids is 1. The van der Waals surface area contributed by atoms with Gasteiger partial charge in [0, 0.05) is 18.3 Å². The molecule has 1 aromatic heterocycles. The highest BCUT2D eigenvalue weighted by atomic mass is 32.1. The van der Waals surface area contributed by atoms with Crippen molar-refractivity contribution in [1.82, 2.24) is 10.3 Å². The number of thiazole rings is 1. The molecular formula is C15H14F2N2O5S. The van der Waals surface area contributed by atoms with Gasteiger partial charge in [0.05, 0.1) is 17.7 Å². The van der Waals surface area contributed by atoms with Crippen molar-refractivity contribution in [3.8, 4) is 11.5 Å². The van der Waals surface area contributed by atoms with Gasteiger partial charge >= 0.3 is 12.6 Å². The summed E-state index contributed by atoms with van der Waals surface area (Å²) in [6.45, 7) is -2.95. The number of carboxylic acid groups (broad SMARTS) is 1. The van der Waals surface area contributed by atoms with E-state index in [0.717, 1.165) is 11.3 Å². The summed E-state index contributed by atoms with van der Waals surface area (Å²) in [4.78, 5) is 26.9. The first-order valence-electron chi connectivity index (χ1n) is 7.00. The minimum Gasteiger partial charge on any atom is -0.493 e. The third-order valence-electron chi connectivity index (χ3n) is 3.05. The molecule has 0 aliphatic heterocycles. The van der Waals surface area contributed by atoms with Crippen LogP contribution in [0.2, 0.25) is 0 Å². The fraction of sp³-hybridized carbons (Fsp3) is 0.267. The monoisotopic (exact) mass is 372 g/mol. The Morgan fingerprint density at radius 3 is 2.76 bits per heavy atom. The average Bonchev–Trinajstić information content (AvgIpc) is 3.03. The number of nitrogens with zero attached hydrogens (tertiary/aromatic N) is 1. The molecule has 0 aliphatic rings. The van der Waals surface area contributed by atoms with E-state index in [0.29, 0.717) is 11.4 Å². The second kappa shape index (κ2) is 8.38. The molecule has 0 saturated heterocycles. The number of benzene rings is 1. The van der Waals surface area contributed by atoms with Gasteiger partial charge in [-0.05, 0) is 12.1 Å². The fourth-order valence-electron chi connectivity index (χ4n) is 1.97. The molecule has 2 aromatic rings. The highest BCUT2D eigenvalue weighted by Crippen LogP contribution is 2.32. The van der Waals surface area contributed by atoms with E-state index in [4.69, 9.17) is 9.84 Å². The molecule has 25 heavy (non-hydrogen) atoms. The Balaban J connectivity index is 2.03. The van der Waals surface area contributed by atoms with E-state index in [2.05, 4.69) is 15.0 Å². The van der Waals surface area contributed by atoms with Crippen molar-refractivity contribution < 1.29 is 33.0 Å². The zero-order valence-corrected chi connectivity index (χ0v) is 13.8. The van der Waals surface area contributed by atoms with Gasteiger partial charge in [0.2, 0.25) is 0 Å². The number of para-hydroxylation sites is 1. The van der Waals surface area contributed by atoms with Gasteiger partial charge in [0.1, 0.15) is 0 Å². The molecule has 0 aliphatic carbocycles. The highest BCUT2D eigenvalue weighted by molar-refractivity contribution is 7.09. The number of hydrogen-bond acceptors (Lipinski definition) is 6. The number of ether oxygens (including phenoxy) is 2. The van der Waals surface area contributed by atoms with E-state index in [1.807, 2.05) is 0 Å². The SMILES string of the molecule is COc1cccc(C(=O)NCCc2nc(C(=O)O)cs2)c1OC(F)F. The first kappa shape index (κ1) is 18.6. The van der Waals surface area contributed by atoms with Gasteiger partial charge in [-0.15, -0.1) is 11.3 Å². The Labute approximate surface area is 145 Å². The molecule has 1 amide bonds. The molecule has 0 spiro atoms. The van der Waals surface area contributed by atoms with Crippen LogP contribution in [0.15, 0.2) is 23.6 Å². The molecule has 2 N–H and O–H groups in total. The minimum absolute atomic E-state index is 0.0129.